The Bertz CT molecular complexity index is 382. The van der Waals surface area contributed by atoms with Gasteiger partial charge in [0, 0.05) is 25.2 Å². The fraction of sp³-hybridized carbons (Fsp3) is 0.462. The molecule has 1 aromatic rings. The van der Waals surface area contributed by atoms with Crippen molar-refractivity contribution in [1.82, 2.24) is 10.6 Å². The van der Waals surface area contributed by atoms with E-state index in [9.17, 15) is 0 Å². The number of aliphatic imine (C=N–C) groups is 1. The molecule has 100 valence electrons. The van der Waals surface area contributed by atoms with Gasteiger partial charge in [-0.05, 0) is 36.1 Å². The number of thioether (sulfide) groups is 1. The van der Waals surface area contributed by atoms with Crippen LogP contribution in [0.1, 0.15) is 12.0 Å². The van der Waals surface area contributed by atoms with Crippen molar-refractivity contribution in [1.29, 1.82) is 0 Å². The number of guanidine groups is 1. The van der Waals surface area contributed by atoms with Crippen molar-refractivity contribution >= 4 is 29.3 Å². The van der Waals surface area contributed by atoms with Crippen molar-refractivity contribution in [3.63, 3.8) is 0 Å². The highest BCUT2D eigenvalue weighted by atomic mass is 35.5. The molecule has 0 bridgehead atoms. The predicted octanol–water partition coefficient (Wildman–Crippen LogP) is 2.76. The first-order valence-corrected chi connectivity index (χ1v) is 7.71. The zero-order valence-electron chi connectivity index (χ0n) is 10.9. The van der Waals surface area contributed by atoms with Gasteiger partial charge in [0.25, 0.3) is 0 Å². The first-order valence-electron chi connectivity index (χ1n) is 5.94. The highest BCUT2D eigenvalue weighted by molar-refractivity contribution is 7.98. The van der Waals surface area contributed by atoms with Crippen LogP contribution in [-0.4, -0.2) is 31.6 Å². The number of halogens is 1. The lowest BCUT2D eigenvalue weighted by atomic mass is 10.2. The van der Waals surface area contributed by atoms with Crippen molar-refractivity contribution in [2.45, 2.75) is 13.0 Å². The Balaban J connectivity index is 2.31. The Morgan fingerprint density at radius 2 is 2.22 bits per heavy atom. The van der Waals surface area contributed by atoms with E-state index in [4.69, 9.17) is 11.6 Å². The van der Waals surface area contributed by atoms with Gasteiger partial charge in [0.05, 0.1) is 0 Å². The minimum absolute atomic E-state index is 0.725. The molecule has 0 aliphatic rings. The lowest BCUT2D eigenvalue weighted by molar-refractivity contribution is 0.786. The van der Waals surface area contributed by atoms with Gasteiger partial charge in [-0.3, -0.25) is 4.99 Å². The van der Waals surface area contributed by atoms with E-state index in [0.29, 0.717) is 0 Å². The van der Waals surface area contributed by atoms with Gasteiger partial charge >= 0.3 is 0 Å². The fourth-order valence-corrected chi connectivity index (χ4v) is 2.12. The molecular weight excluding hydrogens is 266 g/mol. The summed E-state index contributed by atoms with van der Waals surface area (Å²) in [5, 5.41) is 7.31. The maximum atomic E-state index is 5.94. The van der Waals surface area contributed by atoms with Gasteiger partial charge < -0.3 is 10.6 Å². The Morgan fingerprint density at radius 3 is 2.89 bits per heavy atom. The van der Waals surface area contributed by atoms with Crippen LogP contribution in [0, 0.1) is 0 Å². The summed E-state index contributed by atoms with van der Waals surface area (Å²) < 4.78 is 0. The van der Waals surface area contributed by atoms with Crippen LogP contribution in [0.2, 0.25) is 5.02 Å². The van der Waals surface area contributed by atoms with Crippen LogP contribution < -0.4 is 10.6 Å². The maximum absolute atomic E-state index is 5.94. The molecule has 0 amide bonds. The molecular formula is C13H20ClN3S. The van der Waals surface area contributed by atoms with E-state index >= 15 is 0 Å². The summed E-state index contributed by atoms with van der Waals surface area (Å²) in [5.74, 6) is 1.99. The number of hydrogen-bond acceptors (Lipinski definition) is 2. The average Bonchev–Trinajstić information content (AvgIpc) is 2.38. The molecule has 0 spiro atoms. The second-order valence-electron chi connectivity index (χ2n) is 3.83. The van der Waals surface area contributed by atoms with Crippen molar-refractivity contribution in [3.05, 3.63) is 34.9 Å². The first kappa shape index (κ1) is 15.2. The lowest BCUT2D eigenvalue weighted by Crippen LogP contribution is -2.37. The summed E-state index contributed by atoms with van der Waals surface area (Å²) in [6.07, 6.45) is 3.26. The zero-order chi connectivity index (χ0) is 13.2. The van der Waals surface area contributed by atoms with Crippen molar-refractivity contribution in [3.8, 4) is 0 Å². The van der Waals surface area contributed by atoms with Crippen molar-refractivity contribution < 1.29 is 0 Å². The first-order chi connectivity index (χ1) is 8.76. The van der Waals surface area contributed by atoms with Gasteiger partial charge in [-0.15, -0.1) is 0 Å². The SMILES string of the molecule is CN=C(NCCCSC)NCc1cccc(Cl)c1. The average molecular weight is 286 g/mol. The number of nitrogens with one attached hydrogen (secondary N) is 2. The minimum atomic E-state index is 0.725. The van der Waals surface area contributed by atoms with E-state index in [1.165, 1.54) is 0 Å². The molecule has 0 atom stereocenters. The number of nitrogens with zero attached hydrogens (tertiary/aromatic N) is 1. The highest BCUT2D eigenvalue weighted by Gasteiger charge is 1.98. The van der Waals surface area contributed by atoms with E-state index in [2.05, 4.69) is 21.9 Å². The summed E-state index contributed by atoms with van der Waals surface area (Å²) in [6, 6.07) is 7.82. The van der Waals surface area contributed by atoms with Crippen LogP contribution in [0.3, 0.4) is 0 Å². The molecule has 1 aromatic carbocycles. The zero-order valence-corrected chi connectivity index (χ0v) is 12.4. The fourth-order valence-electron chi connectivity index (χ4n) is 1.48. The van der Waals surface area contributed by atoms with Crippen LogP contribution in [0.15, 0.2) is 29.3 Å². The largest absolute Gasteiger partial charge is 0.356 e. The topological polar surface area (TPSA) is 36.4 Å². The third kappa shape index (κ3) is 6.17. The molecule has 1 rings (SSSR count). The molecule has 5 heteroatoms. The van der Waals surface area contributed by atoms with Crippen LogP contribution in [0.4, 0.5) is 0 Å². The van der Waals surface area contributed by atoms with Gasteiger partial charge in [-0.1, -0.05) is 23.7 Å². The Kier molecular flexibility index (Phi) is 7.69. The third-order valence-electron chi connectivity index (χ3n) is 2.39. The van der Waals surface area contributed by atoms with Crippen LogP contribution >= 0.6 is 23.4 Å². The minimum Gasteiger partial charge on any atom is -0.356 e. The van der Waals surface area contributed by atoms with E-state index in [0.717, 1.165) is 41.8 Å². The third-order valence-corrected chi connectivity index (χ3v) is 3.32. The molecule has 0 radical (unpaired) electrons. The molecule has 0 aliphatic carbocycles. The van der Waals surface area contributed by atoms with Crippen LogP contribution in [0.5, 0.6) is 0 Å². The summed E-state index contributed by atoms with van der Waals surface area (Å²) in [6.45, 7) is 1.67. The van der Waals surface area contributed by atoms with Crippen molar-refractivity contribution in [2.24, 2.45) is 4.99 Å². The molecule has 0 saturated carbocycles. The van der Waals surface area contributed by atoms with Crippen LogP contribution in [0.25, 0.3) is 0 Å². The second kappa shape index (κ2) is 9.11. The highest BCUT2D eigenvalue weighted by Crippen LogP contribution is 2.10. The monoisotopic (exact) mass is 285 g/mol. The molecule has 0 aromatic heterocycles. The second-order valence-corrected chi connectivity index (χ2v) is 5.25. The summed E-state index contributed by atoms with van der Waals surface area (Å²) >= 11 is 7.79. The Labute approximate surface area is 118 Å². The van der Waals surface area contributed by atoms with Gasteiger partial charge in [0.1, 0.15) is 0 Å². The summed E-state index contributed by atoms with van der Waals surface area (Å²) in [5.41, 5.74) is 1.15. The van der Waals surface area contributed by atoms with Gasteiger partial charge in [-0.25, -0.2) is 0 Å². The summed E-state index contributed by atoms with van der Waals surface area (Å²) in [7, 11) is 1.78. The summed E-state index contributed by atoms with van der Waals surface area (Å²) in [4.78, 5) is 4.18. The van der Waals surface area contributed by atoms with Gasteiger partial charge in [0.15, 0.2) is 5.96 Å². The van der Waals surface area contributed by atoms with Gasteiger partial charge in [-0.2, -0.15) is 11.8 Å². The standard InChI is InChI=1S/C13H20ClN3S/c1-15-13(16-7-4-8-18-2)17-10-11-5-3-6-12(14)9-11/h3,5-6,9H,4,7-8,10H2,1-2H3,(H2,15,16,17). The molecule has 0 saturated heterocycles. The van der Waals surface area contributed by atoms with E-state index in [1.807, 2.05) is 36.0 Å². The van der Waals surface area contributed by atoms with Crippen molar-refractivity contribution in [2.75, 3.05) is 25.6 Å². The van der Waals surface area contributed by atoms with E-state index in [1.54, 1.807) is 7.05 Å². The Morgan fingerprint density at radius 1 is 1.39 bits per heavy atom. The van der Waals surface area contributed by atoms with E-state index < -0.39 is 0 Å². The number of benzene rings is 1. The molecule has 0 aliphatic heterocycles. The smallest absolute Gasteiger partial charge is 0.191 e. The normalized spacial score (nSPS) is 11.4. The molecule has 0 fully saturated rings. The quantitative estimate of drug-likeness (QED) is 0.479. The number of hydrogen-bond donors (Lipinski definition) is 2. The van der Waals surface area contributed by atoms with Gasteiger partial charge in [0.2, 0.25) is 0 Å². The predicted molar refractivity (Wildman–Crippen MR) is 82.7 cm³/mol. The molecule has 0 unspecified atom stereocenters. The number of rotatable bonds is 6. The maximum Gasteiger partial charge on any atom is 0.191 e. The van der Waals surface area contributed by atoms with E-state index in [-0.39, 0.29) is 0 Å². The van der Waals surface area contributed by atoms with Crippen LogP contribution in [-0.2, 0) is 6.54 Å². The lowest BCUT2D eigenvalue weighted by Gasteiger charge is -2.11. The molecule has 0 heterocycles. The molecule has 3 nitrogen and oxygen atoms in total. The molecule has 18 heavy (non-hydrogen) atoms. The Hall–Kier alpha value is -0.870. The molecule has 2 N–H and O–H groups in total.